The van der Waals surface area contributed by atoms with Crippen LogP contribution >= 0.6 is 0 Å². The first-order chi connectivity index (χ1) is 10.2. The summed E-state index contributed by atoms with van der Waals surface area (Å²) in [5.41, 5.74) is 0.499. The van der Waals surface area contributed by atoms with Crippen molar-refractivity contribution in [2.75, 3.05) is 0 Å². The van der Waals surface area contributed by atoms with E-state index in [1.54, 1.807) is 0 Å². The van der Waals surface area contributed by atoms with Crippen LogP contribution in [0.4, 0.5) is 0 Å². The molecule has 0 aromatic carbocycles. The quantitative estimate of drug-likeness (QED) is 0.649. The van der Waals surface area contributed by atoms with E-state index in [-0.39, 0.29) is 22.7 Å². The van der Waals surface area contributed by atoms with Gasteiger partial charge in [0.25, 0.3) is 0 Å². The van der Waals surface area contributed by atoms with Crippen molar-refractivity contribution < 1.29 is 9.59 Å². The van der Waals surface area contributed by atoms with Crippen LogP contribution in [0.5, 0.6) is 0 Å². The lowest BCUT2D eigenvalue weighted by Gasteiger charge is -2.39. The molecule has 128 valence electrons. The van der Waals surface area contributed by atoms with Crippen molar-refractivity contribution in [3.8, 4) is 0 Å². The van der Waals surface area contributed by atoms with Crippen molar-refractivity contribution in [1.82, 2.24) is 0 Å². The second kappa shape index (κ2) is 7.75. The molecule has 0 N–H and O–H groups in total. The second-order valence-electron chi connectivity index (χ2n) is 9.04. The Hall–Kier alpha value is -0.660. The monoisotopic (exact) mass is 308 g/mol. The molecule has 2 nitrogen and oxygen atoms in total. The lowest BCUT2D eigenvalue weighted by Crippen LogP contribution is -2.34. The van der Waals surface area contributed by atoms with E-state index in [1.807, 2.05) is 0 Å². The molecule has 2 aliphatic rings. The summed E-state index contributed by atoms with van der Waals surface area (Å²) in [5.74, 6) is 1.76. The van der Waals surface area contributed by atoms with Crippen LogP contribution in [0.25, 0.3) is 0 Å². The number of hydrogen-bond acceptors (Lipinski definition) is 2. The number of rotatable bonds is 2. The van der Waals surface area contributed by atoms with E-state index in [1.165, 1.54) is 38.5 Å². The Kier molecular flexibility index (Phi) is 6.83. The molecule has 0 amide bonds. The topological polar surface area (TPSA) is 34.1 Å². The van der Waals surface area contributed by atoms with Crippen LogP contribution in [0.15, 0.2) is 0 Å². The van der Waals surface area contributed by atoms with Gasteiger partial charge in [0.1, 0.15) is 12.6 Å². The molecule has 2 aliphatic carbocycles. The summed E-state index contributed by atoms with van der Waals surface area (Å²) in [6.45, 7) is 13.2. The maximum absolute atomic E-state index is 10.8. The van der Waals surface area contributed by atoms with E-state index >= 15 is 0 Å². The van der Waals surface area contributed by atoms with Crippen LogP contribution < -0.4 is 0 Å². The number of carbonyl (C=O) groups excluding carboxylic acids is 2. The van der Waals surface area contributed by atoms with E-state index in [0.29, 0.717) is 11.8 Å². The number of hydrogen-bond donors (Lipinski definition) is 0. The predicted octanol–water partition coefficient (Wildman–Crippen LogP) is 5.30. The normalized spacial score (nSPS) is 36.6. The minimum Gasteiger partial charge on any atom is -0.303 e. The molecule has 0 bridgehead atoms. The molecule has 0 aliphatic heterocycles. The Labute approximate surface area is 137 Å². The molecule has 0 aromatic rings. The van der Waals surface area contributed by atoms with Crippen molar-refractivity contribution in [1.29, 1.82) is 0 Å². The van der Waals surface area contributed by atoms with Crippen molar-refractivity contribution in [2.45, 2.75) is 80.1 Å². The number of aldehydes is 2. The van der Waals surface area contributed by atoms with Gasteiger partial charge in [0.15, 0.2) is 0 Å². The minimum atomic E-state index is 0.249. The number of carbonyl (C=O) groups is 2. The van der Waals surface area contributed by atoms with Gasteiger partial charge in [-0.2, -0.15) is 0 Å². The molecule has 2 heteroatoms. The van der Waals surface area contributed by atoms with Crippen LogP contribution in [0.1, 0.15) is 80.1 Å². The lowest BCUT2D eigenvalue weighted by atomic mass is 9.65. The molecule has 2 rings (SSSR count). The Balaban J connectivity index is 0.000000220. The Bertz CT molecular complexity index is 334. The highest BCUT2D eigenvalue weighted by molar-refractivity contribution is 5.56. The third kappa shape index (κ3) is 4.67. The van der Waals surface area contributed by atoms with Crippen LogP contribution in [-0.2, 0) is 9.59 Å². The summed E-state index contributed by atoms with van der Waals surface area (Å²) >= 11 is 0. The SMILES string of the molecule is C[C@H]1CCCC(C)(C)C1C=O.C[C@H]1CCCC(C)(C)C1C=O. The van der Waals surface area contributed by atoms with Gasteiger partial charge in [-0.05, 0) is 48.3 Å². The fourth-order valence-electron chi connectivity index (χ4n) is 4.63. The second-order valence-corrected chi connectivity index (χ2v) is 9.04. The lowest BCUT2D eigenvalue weighted by molar-refractivity contribution is -0.118. The highest BCUT2D eigenvalue weighted by atomic mass is 16.1. The van der Waals surface area contributed by atoms with Crippen LogP contribution in [-0.4, -0.2) is 12.6 Å². The van der Waals surface area contributed by atoms with Gasteiger partial charge in [-0.25, -0.2) is 0 Å². The standard InChI is InChI=1S/2C10H18O/c2*1-8-5-4-6-10(2,3)9(8)7-11/h2*7-9H,4-6H2,1-3H3/t2*8-,9?/m00/s1. The summed E-state index contributed by atoms with van der Waals surface area (Å²) in [6.07, 6.45) is 9.77. The van der Waals surface area contributed by atoms with Crippen molar-refractivity contribution in [3.63, 3.8) is 0 Å². The summed E-state index contributed by atoms with van der Waals surface area (Å²) in [4.78, 5) is 21.6. The molecule has 0 saturated heterocycles. The Morgan fingerprint density at radius 1 is 0.727 bits per heavy atom. The van der Waals surface area contributed by atoms with Gasteiger partial charge in [0.05, 0.1) is 0 Å². The van der Waals surface area contributed by atoms with Gasteiger partial charge in [-0.1, -0.05) is 54.4 Å². The van der Waals surface area contributed by atoms with Crippen LogP contribution in [0.3, 0.4) is 0 Å². The highest BCUT2D eigenvalue weighted by Crippen LogP contribution is 2.43. The van der Waals surface area contributed by atoms with Crippen molar-refractivity contribution in [2.24, 2.45) is 34.5 Å². The van der Waals surface area contributed by atoms with Gasteiger partial charge < -0.3 is 9.59 Å². The summed E-state index contributed by atoms with van der Waals surface area (Å²) in [6, 6.07) is 0. The zero-order chi connectivity index (χ0) is 17.0. The first-order valence-electron chi connectivity index (χ1n) is 9.06. The summed E-state index contributed by atoms with van der Waals surface area (Å²) < 4.78 is 0. The molecule has 0 spiro atoms. The zero-order valence-electron chi connectivity index (χ0n) is 15.5. The zero-order valence-corrected chi connectivity index (χ0v) is 15.5. The van der Waals surface area contributed by atoms with Gasteiger partial charge >= 0.3 is 0 Å². The first-order valence-corrected chi connectivity index (χ1v) is 9.06. The molecule has 2 unspecified atom stereocenters. The third-order valence-electron chi connectivity index (χ3n) is 6.29. The molecular formula is C20H36O2. The van der Waals surface area contributed by atoms with Crippen molar-refractivity contribution >= 4 is 12.6 Å². The molecular weight excluding hydrogens is 272 g/mol. The van der Waals surface area contributed by atoms with Crippen LogP contribution in [0, 0.1) is 34.5 Å². The van der Waals surface area contributed by atoms with Crippen molar-refractivity contribution in [3.05, 3.63) is 0 Å². The summed E-state index contributed by atoms with van der Waals surface area (Å²) in [7, 11) is 0. The average Bonchev–Trinajstić information content (AvgIpc) is 2.38. The third-order valence-corrected chi connectivity index (χ3v) is 6.29. The summed E-state index contributed by atoms with van der Waals surface area (Å²) in [5, 5.41) is 0. The predicted molar refractivity (Wildman–Crippen MR) is 92.7 cm³/mol. The Morgan fingerprint density at radius 3 is 1.23 bits per heavy atom. The molecule has 2 saturated carbocycles. The average molecular weight is 309 g/mol. The van der Waals surface area contributed by atoms with E-state index in [4.69, 9.17) is 0 Å². The molecule has 0 radical (unpaired) electrons. The van der Waals surface area contributed by atoms with Gasteiger partial charge in [-0.3, -0.25) is 0 Å². The molecule has 0 heterocycles. The van der Waals surface area contributed by atoms with Gasteiger partial charge in [0, 0.05) is 11.8 Å². The molecule has 0 aromatic heterocycles. The van der Waals surface area contributed by atoms with E-state index < -0.39 is 0 Å². The van der Waals surface area contributed by atoms with E-state index in [9.17, 15) is 9.59 Å². The fourth-order valence-corrected chi connectivity index (χ4v) is 4.63. The Morgan fingerprint density at radius 2 is 1.05 bits per heavy atom. The van der Waals surface area contributed by atoms with Gasteiger partial charge in [0.2, 0.25) is 0 Å². The first kappa shape index (κ1) is 19.4. The van der Waals surface area contributed by atoms with E-state index in [0.717, 1.165) is 12.6 Å². The van der Waals surface area contributed by atoms with E-state index in [2.05, 4.69) is 41.5 Å². The smallest absolute Gasteiger partial charge is 0.123 e. The molecule has 22 heavy (non-hydrogen) atoms. The maximum Gasteiger partial charge on any atom is 0.123 e. The highest BCUT2D eigenvalue weighted by Gasteiger charge is 2.37. The minimum absolute atomic E-state index is 0.249. The largest absolute Gasteiger partial charge is 0.303 e. The fraction of sp³-hybridized carbons (Fsp3) is 0.900. The molecule has 2 fully saturated rings. The van der Waals surface area contributed by atoms with Gasteiger partial charge in [-0.15, -0.1) is 0 Å². The molecule has 4 atom stereocenters. The maximum atomic E-state index is 10.8. The van der Waals surface area contributed by atoms with Crippen LogP contribution in [0.2, 0.25) is 0 Å².